The van der Waals surface area contributed by atoms with Gasteiger partial charge in [-0.15, -0.1) is 5.10 Å². The topological polar surface area (TPSA) is 81.7 Å². The molecule has 6 heteroatoms. The van der Waals surface area contributed by atoms with Crippen molar-refractivity contribution < 1.29 is 0 Å². The lowest BCUT2D eigenvalue weighted by Crippen LogP contribution is -2.36. The first kappa shape index (κ1) is 14.4. The predicted molar refractivity (Wildman–Crippen MR) is 85.5 cm³/mol. The Bertz CT molecular complexity index is 805. The molecular formula is C16H20N6. The average Bonchev–Trinajstić information content (AvgIpc) is 2.52. The third-order valence-electron chi connectivity index (χ3n) is 4.28. The van der Waals surface area contributed by atoms with Gasteiger partial charge in [0.05, 0.1) is 0 Å². The van der Waals surface area contributed by atoms with Crippen LogP contribution in [0, 0.1) is 31.6 Å². The molecule has 0 saturated carbocycles. The Hall–Kier alpha value is -2.50. The molecule has 2 N–H and O–H groups in total. The molecule has 0 bridgehead atoms. The lowest BCUT2D eigenvalue weighted by molar-refractivity contribution is 0.676. The summed E-state index contributed by atoms with van der Waals surface area (Å²) in [6, 6.07) is 2.18. The van der Waals surface area contributed by atoms with Crippen molar-refractivity contribution >= 4 is 12.2 Å². The van der Waals surface area contributed by atoms with Crippen LogP contribution in [0.2, 0.25) is 0 Å². The zero-order chi connectivity index (χ0) is 15.9. The summed E-state index contributed by atoms with van der Waals surface area (Å²) in [4.78, 5) is 6.73. The van der Waals surface area contributed by atoms with Gasteiger partial charge in [0, 0.05) is 37.0 Å². The van der Waals surface area contributed by atoms with Crippen molar-refractivity contribution in [3.05, 3.63) is 45.7 Å². The molecule has 6 nitrogen and oxygen atoms in total. The average molecular weight is 296 g/mol. The molecular weight excluding hydrogens is 276 g/mol. The Morgan fingerprint density at radius 3 is 2.73 bits per heavy atom. The Morgan fingerprint density at radius 1 is 1.23 bits per heavy atom. The second-order valence-corrected chi connectivity index (χ2v) is 5.79. The van der Waals surface area contributed by atoms with E-state index in [9.17, 15) is 0 Å². The van der Waals surface area contributed by atoms with Crippen molar-refractivity contribution in [2.45, 2.75) is 33.7 Å². The van der Waals surface area contributed by atoms with Crippen LogP contribution in [0.1, 0.15) is 27.9 Å². The van der Waals surface area contributed by atoms with Gasteiger partial charge < -0.3 is 4.90 Å². The number of fused-ring (bicyclic) bond motifs is 1. The summed E-state index contributed by atoms with van der Waals surface area (Å²) in [7, 11) is 0. The van der Waals surface area contributed by atoms with Crippen LogP contribution in [0.4, 0.5) is 5.82 Å². The van der Waals surface area contributed by atoms with Gasteiger partial charge in [-0.2, -0.15) is 0 Å². The highest BCUT2D eigenvalue weighted by Crippen LogP contribution is 2.25. The maximum atomic E-state index is 8.01. The van der Waals surface area contributed by atoms with Gasteiger partial charge in [-0.3, -0.25) is 15.8 Å². The zero-order valence-electron chi connectivity index (χ0n) is 13.1. The maximum absolute atomic E-state index is 8.01. The normalized spacial score (nSPS) is 13.9. The van der Waals surface area contributed by atoms with Crippen molar-refractivity contribution in [2.75, 3.05) is 11.4 Å². The second-order valence-electron chi connectivity index (χ2n) is 5.79. The Morgan fingerprint density at radius 2 is 2.00 bits per heavy atom. The van der Waals surface area contributed by atoms with Gasteiger partial charge >= 0.3 is 0 Å². The van der Waals surface area contributed by atoms with E-state index < -0.39 is 0 Å². The van der Waals surface area contributed by atoms with E-state index in [0.29, 0.717) is 0 Å². The summed E-state index contributed by atoms with van der Waals surface area (Å²) in [5.41, 5.74) is 5.70. The maximum Gasteiger partial charge on any atom is 0.153 e. The van der Waals surface area contributed by atoms with Crippen molar-refractivity contribution in [3.8, 4) is 0 Å². The van der Waals surface area contributed by atoms with Crippen LogP contribution < -0.4 is 10.4 Å². The van der Waals surface area contributed by atoms with E-state index in [2.05, 4.69) is 28.0 Å². The van der Waals surface area contributed by atoms with Crippen molar-refractivity contribution in [1.29, 1.82) is 10.8 Å². The summed E-state index contributed by atoms with van der Waals surface area (Å²) in [6.07, 6.45) is 3.89. The molecule has 2 aromatic rings. The first-order valence-electron chi connectivity index (χ1n) is 7.36. The van der Waals surface area contributed by atoms with Gasteiger partial charge in [-0.05, 0) is 37.5 Å². The molecule has 0 spiro atoms. The summed E-state index contributed by atoms with van der Waals surface area (Å²) in [5.74, 6) is 0.851. The van der Waals surface area contributed by atoms with Crippen molar-refractivity contribution in [3.63, 3.8) is 0 Å². The highest BCUT2D eigenvalue weighted by atomic mass is 15.3. The fourth-order valence-electron chi connectivity index (χ4n) is 2.86. The number of rotatable bonds is 2. The first-order chi connectivity index (χ1) is 10.5. The van der Waals surface area contributed by atoms with Gasteiger partial charge in [0.25, 0.3) is 0 Å². The molecule has 0 radical (unpaired) electrons. The van der Waals surface area contributed by atoms with E-state index in [1.54, 1.807) is 0 Å². The number of pyridine rings is 1. The van der Waals surface area contributed by atoms with Gasteiger partial charge in [0.15, 0.2) is 11.3 Å². The highest BCUT2D eigenvalue weighted by Gasteiger charge is 2.21. The van der Waals surface area contributed by atoms with E-state index in [-0.39, 0.29) is 5.49 Å². The van der Waals surface area contributed by atoms with Gasteiger partial charge in [-0.25, -0.2) is 4.68 Å². The van der Waals surface area contributed by atoms with Gasteiger partial charge in [-0.1, -0.05) is 6.07 Å². The van der Waals surface area contributed by atoms with Crippen LogP contribution in [0.25, 0.3) is 0 Å². The Labute approximate surface area is 129 Å². The lowest BCUT2D eigenvalue weighted by atomic mass is 10.0. The minimum absolute atomic E-state index is 0.270. The number of aromatic nitrogens is 3. The molecule has 0 unspecified atom stereocenters. The molecule has 22 heavy (non-hydrogen) atoms. The predicted octanol–water partition coefficient (Wildman–Crippen LogP) is 1.70. The summed E-state index contributed by atoms with van der Waals surface area (Å²) in [6.45, 7) is 7.58. The van der Waals surface area contributed by atoms with Crippen LogP contribution in [-0.2, 0) is 13.0 Å². The molecule has 0 atom stereocenters. The van der Waals surface area contributed by atoms with E-state index in [1.807, 2.05) is 20.0 Å². The molecule has 0 aliphatic carbocycles. The minimum atomic E-state index is 0.270. The third kappa shape index (κ3) is 2.30. The van der Waals surface area contributed by atoms with E-state index >= 15 is 0 Å². The largest absolute Gasteiger partial charge is 0.350 e. The monoisotopic (exact) mass is 296 g/mol. The Balaban J connectivity index is 2.04. The Kier molecular flexibility index (Phi) is 3.52. The molecule has 3 heterocycles. The molecule has 0 aromatic carbocycles. The quantitative estimate of drug-likeness (QED) is 0.653. The smallest absolute Gasteiger partial charge is 0.153 e. The third-order valence-corrected chi connectivity index (χ3v) is 4.28. The number of nitrogens with zero attached hydrogens (tertiary/aromatic N) is 4. The molecule has 2 aromatic heterocycles. The molecule has 114 valence electrons. The molecule has 3 rings (SSSR count). The van der Waals surface area contributed by atoms with Crippen LogP contribution in [0.5, 0.6) is 0 Å². The molecule has 0 saturated heterocycles. The highest BCUT2D eigenvalue weighted by molar-refractivity contribution is 5.57. The minimum Gasteiger partial charge on any atom is -0.350 e. The second kappa shape index (κ2) is 5.36. The number of hydrogen-bond acceptors (Lipinski definition) is 5. The first-order valence-corrected chi connectivity index (χ1v) is 7.36. The number of aryl methyl sites for hydroxylation is 1. The van der Waals surface area contributed by atoms with Gasteiger partial charge in [0.1, 0.15) is 6.34 Å². The molecule has 1 aliphatic rings. The number of nitrogens with one attached hydrogen (secondary N) is 2. The van der Waals surface area contributed by atoms with E-state index in [1.165, 1.54) is 10.2 Å². The van der Waals surface area contributed by atoms with Crippen molar-refractivity contribution in [1.82, 2.24) is 14.8 Å². The van der Waals surface area contributed by atoms with Crippen LogP contribution in [-0.4, -0.2) is 27.6 Å². The molecule has 1 aliphatic heterocycles. The summed E-state index contributed by atoms with van der Waals surface area (Å²) >= 11 is 0. The summed E-state index contributed by atoms with van der Waals surface area (Å²) < 4.78 is 1.32. The van der Waals surface area contributed by atoms with Crippen LogP contribution in [0.3, 0.4) is 0 Å². The SMILES string of the molecule is Cc1cnc2c(c1)CN(c1nn(C=N)c(=N)c(C)c1C)CC2. The summed E-state index contributed by atoms with van der Waals surface area (Å²) in [5, 5.41) is 19.9. The standard InChI is InChI=1S/C16H20N6/c1-10-6-13-8-21(5-4-14(13)19-7-10)16-12(3)11(2)15(18)22(9-17)20-16/h6-7,9,17-18H,4-5,8H2,1-3H3. The van der Waals surface area contributed by atoms with Crippen molar-refractivity contribution in [2.24, 2.45) is 0 Å². The van der Waals surface area contributed by atoms with E-state index in [4.69, 9.17) is 10.8 Å². The molecule has 0 amide bonds. The van der Waals surface area contributed by atoms with Crippen LogP contribution >= 0.6 is 0 Å². The number of hydrogen-bond donors (Lipinski definition) is 2. The zero-order valence-corrected chi connectivity index (χ0v) is 13.1. The van der Waals surface area contributed by atoms with E-state index in [0.717, 1.165) is 54.1 Å². The fraction of sp³-hybridized carbons (Fsp3) is 0.375. The lowest BCUT2D eigenvalue weighted by Gasteiger charge is -2.31. The fourth-order valence-corrected chi connectivity index (χ4v) is 2.86. The number of anilines is 1. The molecule has 0 fully saturated rings. The van der Waals surface area contributed by atoms with Gasteiger partial charge in [0.2, 0.25) is 0 Å². The van der Waals surface area contributed by atoms with Crippen LogP contribution in [0.15, 0.2) is 12.3 Å².